The molecule has 0 saturated heterocycles. The van der Waals surface area contributed by atoms with Gasteiger partial charge in [0.1, 0.15) is 11.3 Å². The molecule has 2 atom stereocenters. The molecular weight excluding hydrogens is 236 g/mol. The fourth-order valence-electron chi connectivity index (χ4n) is 3.02. The number of nitriles is 1. The summed E-state index contributed by atoms with van der Waals surface area (Å²) in [4.78, 5) is 0. The Labute approximate surface area is 115 Å². The Bertz CT molecular complexity index is 466. The van der Waals surface area contributed by atoms with E-state index in [1.54, 1.807) is 0 Å². The molecule has 0 aliphatic heterocycles. The molecule has 1 aromatic rings. The number of hydrogen-bond donors (Lipinski definition) is 1. The van der Waals surface area contributed by atoms with Crippen molar-refractivity contribution >= 4 is 0 Å². The van der Waals surface area contributed by atoms with E-state index in [0.717, 1.165) is 31.4 Å². The average molecular weight is 258 g/mol. The largest absolute Gasteiger partial charge is 0.494 e. The van der Waals surface area contributed by atoms with Gasteiger partial charge in [0.2, 0.25) is 0 Å². The van der Waals surface area contributed by atoms with E-state index >= 15 is 0 Å². The molecule has 2 rings (SSSR count). The van der Waals surface area contributed by atoms with E-state index in [1.807, 2.05) is 25.2 Å². The van der Waals surface area contributed by atoms with E-state index in [9.17, 15) is 5.26 Å². The summed E-state index contributed by atoms with van der Waals surface area (Å²) in [5.74, 6) is 1.32. The van der Waals surface area contributed by atoms with Gasteiger partial charge in [-0.1, -0.05) is 18.6 Å². The van der Waals surface area contributed by atoms with Crippen LogP contribution < -0.4 is 10.1 Å². The predicted molar refractivity (Wildman–Crippen MR) is 76.0 cm³/mol. The summed E-state index contributed by atoms with van der Waals surface area (Å²) in [5, 5.41) is 12.6. The second-order valence-electron chi connectivity index (χ2n) is 5.38. The topological polar surface area (TPSA) is 45.0 Å². The molecule has 19 heavy (non-hydrogen) atoms. The van der Waals surface area contributed by atoms with E-state index < -0.39 is 0 Å². The molecule has 0 bridgehead atoms. The molecule has 0 heterocycles. The van der Waals surface area contributed by atoms with E-state index in [4.69, 9.17) is 4.74 Å². The standard InChI is InChI=1S/C16H22N2O/c1-13-5-3-7-15(11-13)19-10-8-14-6-4-9-16(14,12-17)18-2/h3,5,7,11,14,18H,4,6,8-10H2,1-2H3. The van der Waals surface area contributed by atoms with Gasteiger partial charge in [0.15, 0.2) is 0 Å². The summed E-state index contributed by atoms with van der Waals surface area (Å²) in [5.41, 5.74) is 0.871. The quantitative estimate of drug-likeness (QED) is 0.883. The normalized spacial score (nSPS) is 26.1. The van der Waals surface area contributed by atoms with Crippen molar-refractivity contribution in [2.75, 3.05) is 13.7 Å². The van der Waals surface area contributed by atoms with Gasteiger partial charge in [-0.15, -0.1) is 0 Å². The van der Waals surface area contributed by atoms with Crippen molar-refractivity contribution in [2.24, 2.45) is 5.92 Å². The van der Waals surface area contributed by atoms with E-state index in [1.165, 1.54) is 5.56 Å². The zero-order chi connectivity index (χ0) is 13.7. The van der Waals surface area contributed by atoms with Crippen LogP contribution in [0.4, 0.5) is 0 Å². The van der Waals surface area contributed by atoms with E-state index in [2.05, 4.69) is 24.4 Å². The Kier molecular flexibility index (Phi) is 4.44. The van der Waals surface area contributed by atoms with E-state index in [-0.39, 0.29) is 5.54 Å². The summed E-state index contributed by atoms with van der Waals surface area (Å²) in [7, 11) is 1.89. The fraction of sp³-hybridized carbons (Fsp3) is 0.562. The van der Waals surface area contributed by atoms with Crippen LogP contribution in [0.25, 0.3) is 0 Å². The first-order chi connectivity index (χ1) is 9.20. The smallest absolute Gasteiger partial charge is 0.119 e. The van der Waals surface area contributed by atoms with Gasteiger partial charge in [-0.3, -0.25) is 0 Å². The van der Waals surface area contributed by atoms with Crippen LogP contribution in [0.1, 0.15) is 31.2 Å². The molecule has 1 N–H and O–H groups in total. The second kappa shape index (κ2) is 6.08. The van der Waals surface area contributed by atoms with Crippen molar-refractivity contribution in [3.05, 3.63) is 29.8 Å². The van der Waals surface area contributed by atoms with Gasteiger partial charge in [-0.25, -0.2) is 0 Å². The van der Waals surface area contributed by atoms with Gasteiger partial charge in [-0.05, 0) is 56.8 Å². The Balaban J connectivity index is 1.87. The van der Waals surface area contributed by atoms with Crippen LogP contribution >= 0.6 is 0 Å². The summed E-state index contributed by atoms with van der Waals surface area (Å²) >= 11 is 0. The van der Waals surface area contributed by atoms with Crippen molar-refractivity contribution in [1.29, 1.82) is 5.26 Å². The summed E-state index contributed by atoms with van der Waals surface area (Å²) < 4.78 is 5.79. The van der Waals surface area contributed by atoms with Gasteiger partial charge >= 0.3 is 0 Å². The zero-order valence-electron chi connectivity index (χ0n) is 11.8. The first-order valence-corrected chi connectivity index (χ1v) is 7.00. The molecule has 0 radical (unpaired) electrons. The van der Waals surface area contributed by atoms with Gasteiger partial charge in [0.05, 0.1) is 12.7 Å². The van der Waals surface area contributed by atoms with Gasteiger partial charge < -0.3 is 10.1 Å². The minimum absolute atomic E-state index is 0.337. The Hall–Kier alpha value is -1.53. The minimum atomic E-state index is -0.337. The van der Waals surface area contributed by atoms with Crippen molar-refractivity contribution in [1.82, 2.24) is 5.32 Å². The molecule has 0 spiro atoms. The van der Waals surface area contributed by atoms with Gasteiger partial charge in [0, 0.05) is 0 Å². The van der Waals surface area contributed by atoms with Crippen LogP contribution in [-0.4, -0.2) is 19.2 Å². The van der Waals surface area contributed by atoms with Gasteiger partial charge in [-0.2, -0.15) is 5.26 Å². The molecule has 1 fully saturated rings. The monoisotopic (exact) mass is 258 g/mol. The van der Waals surface area contributed by atoms with Crippen LogP contribution in [-0.2, 0) is 0 Å². The maximum absolute atomic E-state index is 9.39. The Morgan fingerprint density at radius 3 is 3.05 bits per heavy atom. The molecule has 1 saturated carbocycles. The maximum atomic E-state index is 9.39. The lowest BCUT2D eigenvalue weighted by Crippen LogP contribution is -2.45. The Morgan fingerprint density at radius 2 is 2.37 bits per heavy atom. The molecule has 1 aliphatic carbocycles. The lowest BCUT2D eigenvalue weighted by atomic mass is 9.86. The number of rotatable bonds is 5. The summed E-state index contributed by atoms with van der Waals surface area (Å²) in [6.07, 6.45) is 4.13. The molecule has 1 aliphatic rings. The predicted octanol–water partition coefficient (Wildman–Crippen LogP) is 3.05. The van der Waals surface area contributed by atoms with Crippen LogP contribution in [0.5, 0.6) is 5.75 Å². The number of ether oxygens (including phenoxy) is 1. The zero-order valence-corrected chi connectivity index (χ0v) is 11.8. The van der Waals surface area contributed by atoms with Crippen LogP contribution in [0.2, 0.25) is 0 Å². The number of aryl methyl sites for hydroxylation is 1. The molecule has 0 amide bonds. The first-order valence-electron chi connectivity index (χ1n) is 7.00. The highest BCUT2D eigenvalue weighted by molar-refractivity contribution is 5.27. The molecule has 3 nitrogen and oxygen atoms in total. The van der Waals surface area contributed by atoms with E-state index in [0.29, 0.717) is 12.5 Å². The van der Waals surface area contributed by atoms with Crippen molar-refractivity contribution < 1.29 is 4.74 Å². The third-order valence-electron chi connectivity index (χ3n) is 4.19. The molecule has 1 aromatic carbocycles. The third-order valence-corrected chi connectivity index (χ3v) is 4.19. The number of benzene rings is 1. The number of nitrogens with one attached hydrogen (secondary N) is 1. The Morgan fingerprint density at radius 1 is 1.53 bits per heavy atom. The second-order valence-corrected chi connectivity index (χ2v) is 5.38. The highest BCUT2D eigenvalue weighted by Crippen LogP contribution is 2.37. The van der Waals surface area contributed by atoms with Crippen molar-refractivity contribution in [3.8, 4) is 11.8 Å². The average Bonchev–Trinajstić information content (AvgIpc) is 2.82. The minimum Gasteiger partial charge on any atom is -0.494 e. The summed E-state index contributed by atoms with van der Waals surface area (Å²) in [6.45, 7) is 2.74. The first kappa shape index (κ1) is 13.9. The molecule has 2 unspecified atom stereocenters. The molecule has 0 aromatic heterocycles. The van der Waals surface area contributed by atoms with Gasteiger partial charge in [0.25, 0.3) is 0 Å². The molecule has 102 valence electrons. The van der Waals surface area contributed by atoms with Crippen LogP contribution in [0.15, 0.2) is 24.3 Å². The SMILES string of the molecule is CNC1(C#N)CCCC1CCOc1cccc(C)c1. The lowest BCUT2D eigenvalue weighted by molar-refractivity contribution is 0.239. The lowest BCUT2D eigenvalue weighted by Gasteiger charge is -2.28. The van der Waals surface area contributed by atoms with Crippen LogP contribution in [0, 0.1) is 24.2 Å². The van der Waals surface area contributed by atoms with Crippen molar-refractivity contribution in [3.63, 3.8) is 0 Å². The number of nitrogens with zero attached hydrogens (tertiary/aromatic N) is 1. The third kappa shape index (κ3) is 3.08. The van der Waals surface area contributed by atoms with Crippen molar-refractivity contribution in [2.45, 2.75) is 38.1 Å². The summed E-state index contributed by atoms with van der Waals surface area (Å²) in [6, 6.07) is 10.6. The fourth-order valence-corrected chi connectivity index (χ4v) is 3.02. The molecule has 3 heteroatoms. The molecular formula is C16H22N2O. The highest BCUT2D eigenvalue weighted by Gasteiger charge is 2.41. The maximum Gasteiger partial charge on any atom is 0.119 e. The number of hydrogen-bond acceptors (Lipinski definition) is 3. The highest BCUT2D eigenvalue weighted by atomic mass is 16.5. The van der Waals surface area contributed by atoms with Crippen LogP contribution in [0.3, 0.4) is 0 Å².